The van der Waals surface area contributed by atoms with Crippen LogP contribution in [0.5, 0.6) is 0 Å². The number of nitrogens with zero attached hydrogens (tertiary/aromatic N) is 2. The Morgan fingerprint density at radius 2 is 2.11 bits per heavy atom. The maximum Gasteiger partial charge on any atom is 0.357 e. The van der Waals surface area contributed by atoms with Gasteiger partial charge >= 0.3 is 5.97 Å². The van der Waals surface area contributed by atoms with Crippen molar-refractivity contribution in [2.24, 2.45) is 0 Å². The number of benzene rings is 1. The molecule has 2 rings (SSSR count). The van der Waals surface area contributed by atoms with E-state index >= 15 is 0 Å². The highest BCUT2D eigenvalue weighted by Gasteiger charge is 2.18. The number of rotatable bonds is 2. The van der Waals surface area contributed by atoms with Crippen LogP contribution in [0.4, 0.5) is 5.69 Å². The Morgan fingerprint density at radius 1 is 1.39 bits per heavy atom. The summed E-state index contributed by atoms with van der Waals surface area (Å²) in [5.74, 6) is -0.611. The predicted octanol–water partition coefficient (Wildman–Crippen LogP) is 2.24. The summed E-state index contributed by atoms with van der Waals surface area (Å²) in [5.41, 5.74) is 0.728. The number of hydrogen-bond donors (Lipinski definition) is 0. The number of methoxy groups -OCH3 is 1. The standard InChI is InChI=1S/C12H10N2O4/c1-7-5-9-8(10(6-7)14(16)17)3-4-13-11(9)12(15)18-2/h3-6H,1-2H3. The summed E-state index contributed by atoms with van der Waals surface area (Å²) in [4.78, 5) is 26.0. The SMILES string of the molecule is COC(=O)c1nccc2c([N+](=O)[O-])cc(C)cc12. The van der Waals surface area contributed by atoms with Gasteiger partial charge in [0.1, 0.15) is 0 Å². The van der Waals surface area contributed by atoms with Crippen LogP contribution in [0.1, 0.15) is 16.1 Å². The number of carbonyl (C=O) groups excluding carboxylic acids is 1. The van der Waals surface area contributed by atoms with Crippen LogP contribution in [0.25, 0.3) is 10.8 Å². The molecule has 1 aromatic carbocycles. The van der Waals surface area contributed by atoms with Crippen molar-refractivity contribution in [3.63, 3.8) is 0 Å². The van der Waals surface area contributed by atoms with Crippen molar-refractivity contribution in [3.8, 4) is 0 Å². The monoisotopic (exact) mass is 246 g/mol. The van der Waals surface area contributed by atoms with E-state index in [0.29, 0.717) is 16.3 Å². The average Bonchev–Trinajstić information content (AvgIpc) is 2.36. The minimum absolute atomic E-state index is 0.0439. The number of non-ortho nitro benzene ring substituents is 1. The zero-order chi connectivity index (χ0) is 13.3. The third-order valence-electron chi connectivity index (χ3n) is 2.58. The molecule has 0 saturated carbocycles. The van der Waals surface area contributed by atoms with Crippen molar-refractivity contribution in [2.45, 2.75) is 6.92 Å². The summed E-state index contributed by atoms with van der Waals surface area (Å²) in [5, 5.41) is 11.8. The van der Waals surface area contributed by atoms with Gasteiger partial charge in [-0.15, -0.1) is 0 Å². The van der Waals surface area contributed by atoms with Crippen LogP contribution in [0.3, 0.4) is 0 Å². The van der Waals surface area contributed by atoms with E-state index in [1.54, 1.807) is 13.0 Å². The highest BCUT2D eigenvalue weighted by atomic mass is 16.6. The van der Waals surface area contributed by atoms with E-state index in [1.807, 2.05) is 0 Å². The predicted molar refractivity (Wildman–Crippen MR) is 64.5 cm³/mol. The first kappa shape index (κ1) is 12.0. The van der Waals surface area contributed by atoms with Crippen LogP contribution in [0, 0.1) is 17.0 Å². The van der Waals surface area contributed by atoms with Gasteiger partial charge in [-0.1, -0.05) is 0 Å². The molecule has 0 aliphatic rings. The van der Waals surface area contributed by atoms with Crippen LogP contribution in [0.2, 0.25) is 0 Å². The molecule has 0 fully saturated rings. The van der Waals surface area contributed by atoms with Gasteiger partial charge in [-0.2, -0.15) is 0 Å². The highest BCUT2D eigenvalue weighted by Crippen LogP contribution is 2.28. The van der Waals surface area contributed by atoms with Gasteiger partial charge in [0.05, 0.1) is 17.4 Å². The molecule has 0 N–H and O–H groups in total. The number of aromatic nitrogens is 1. The number of fused-ring (bicyclic) bond motifs is 1. The molecule has 6 nitrogen and oxygen atoms in total. The molecule has 0 amide bonds. The van der Waals surface area contributed by atoms with E-state index in [4.69, 9.17) is 0 Å². The number of nitro benzene ring substituents is 1. The molecule has 0 spiro atoms. The third kappa shape index (κ3) is 1.88. The molecule has 0 radical (unpaired) electrons. The van der Waals surface area contributed by atoms with Gasteiger partial charge in [-0.3, -0.25) is 10.1 Å². The Morgan fingerprint density at radius 3 is 2.72 bits per heavy atom. The maximum absolute atomic E-state index is 11.6. The van der Waals surface area contributed by atoms with E-state index in [1.165, 1.54) is 25.4 Å². The summed E-state index contributed by atoms with van der Waals surface area (Å²) in [6.45, 7) is 1.72. The van der Waals surface area contributed by atoms with Crippen molar-refractivity contribution in [1.82, 2.24) is 4.98 Å². The second-order valence-corrected chi connectivity index (χ2v) is 3.79. The largest absolute Gasteiger partial charge is 0.464 e. The van der Waals surface area contributed by atoms with Gasteiger partial charge in [0, 0.05) is 17.6 Å². The van der Waals surface area contributed by atoms with E-state index in [0.717, 1.165) is 0 Å². The zero-order valence-corrected chi connectivity index (χ0v) is 9.84. The number of carbonyl (C=O) groups is 1. The van der Waals surface area contributed by atoms with Crippen molar-refractivity contribution >= 4 is 22.4 Å². The van der Waals surface area contributed by atoms with Gasteiger partial charge in [-0.25, -0.2) is 9.78 Å². The lowest BCUT2D eigenvalue weighted by Gasteiger charge is -2.05. The van der Waals surface area contributed by atoms with E-state index in [-0.39, 0.29) is 11.4 Å². The first-order valence-corrected chi connectivity index (χ1v) is 5.16. The van der Waals surface area contributed by atoms with E-state index in [2.05, 4.69) is 9.72 Å². The number of pyridine rings is 1. The molecule has 92 valence electrons. The minimum Gasteiger partial charge on any atom is -0.464 e. The molecule has 2 aromatic rings. The summed E-state index contributed by atoms with van der Waals surface area (Å²) in [6.07, 6.45) is 1.36. The molecule has 1 aromatic heterocycles. The second kappa shape index (κ2) is 4.40. The molecule has 0 unspecified atom stereocenters. The first-order valence-electron chi connectivity index (χ1n) is 5.16. The molecule has 1 heterocycles. The van der Waals surface area contributed by atoms with Crippen molar-refractivity contribution < 1.29 is 14.5 Å². The zero-order valence-electron chi connectivity index (χ0n) is 9.84. The third-order valence-corrected chi connectivity index (χ3v) is 2.58. The quantitative estimate of drug-likeness (QED) is 0.461. The molecule has 0 aliphatic heterocycles. The Kier molecular flexibility index (Phi) is 2.93. The lowest BCUT2D eigenvalue weighted by atomic mass is 10.0. The molecule has 6 heteroatoms. The number of nitro groups is 1. The fourth-order valence-electron chi connectivity index (χ4n) is 1.82. The molecule has 18 heavy (non-hydrogen) atoms. The molecular weight excluding hydrogens is 236 g/mol. The Labute approximate surface area is 102 Å². The number of esters is 1. The van der Waals surface area contributed by atoms with E-state index in [9.17, 15) is 14.9 Å². The fraction of sp³-hybridized carbons (Fsp3) is 0.167. The number of hydrogen-bond acceptors (Lipinski definition) is 5. The smallest absolute Gasteiger partial charge is 0.357 e. The number of ether oxygens (including phenoxy) is 1. The average molecular weight is 246 g/mol. The highest BCUT2D eigenvalue weighted by molar-refractivity contribution is 6.05. The van der Waals surface area contributed by atoms with Gasteiger partial charge in [0.25, 0.3) is 5.69 Å². The number of aryl methyl sites for hydroxylation is 1. The van der Waals surface area contributed by atoms with E-state index < -0.39 is 10.9 Å². The second-order valence-electron chi connectivity index (χ2n) is 3.79. The normalized spacial score (nSPS) is 10.3. The molecule has 0 bridgehead atoms. The van der Waals surface area contributed by atoms with Crippen LogP contribution < -0.4 is 0 Å². The van der Waals surface area contributed by atoms with Gasteiger partial charge in [-0.05, 0) is 24.6 Å². The van der Waals surface area contributed by atoms with Gasteiger partial charge in [0.15, 0.2) is 5.69 Å². The maximum atomic E-state index is 11.6. The molecule has 0 saturated heterocycles. The Bertz CT molecular complexity index is 652. The molecule has 0 aliphatic carbocycles. The Balaban J connectivity index is 2.85. The van der Waals surface area contributed by atoms with Crippen LogP contribution >= 0.6 is 0 Å². The topological polar surface area (TPSA) is 82.3 Å². The van der Waals surface area contributed by atoms with Gasteiger partial charge in [0.2, 0.25) is 0 Å². The summed E-state index contributed by atoms with van der Waals surface area (Å²) >= 11 is 0. The van der Waals surface area contributed by atoms with Crippen LogP contribution in [-0.2, 0) is 4.74 Å². The van der Waals surface area contributed by atoms with Crippen LogP contribution in [0.15, 0.2) is 24.4 Å². The summed E-state index contributed by atoms with van der Waals surface area (Å²) in [6, 6.07) is 4.66. The molecular formula is C12H10N2O4. The van der Waals surface area contributed by atoms with Crippen molar-refractivity contribution in [3.05, 3.63) is 45.8 Å². The summed E-state index contributed by atoms with van der Waals surface area (Å²) in [7, 11) is 1.24. The lowest BCUT2D eigenvalue weighted by Crippen LogP contribution is -2.05. The molecule has 0 atom stereocenters. The van der Waals surface area contributed by atoms with Crippen molar-refractivity contribution in [1.29, 1.82) is 0 Å². The minimum atomic E-state index is -0.611. The van der Waals surface area contributed by atoms with Crippen LogP contribution in [-0.4, -0.2) is 23.0 Å². The fourth-order valence-corrected chi connectivity index (χ4v) is 1.82. The van der Waals surface area contributed by atoms with Gasteiger partial charge < -0.3 is 4.74 Å². The van der Waals surface area contributed by atoms with Crippen molar-refractivity contribution in [2.75, 3.05) is 7.11 Å². The first-order chi connectivity index (χ1) is 8.54. The lowest BCUT2D eigenvalue weighted by molar-refractivity contribution is -0.383. The Hall–Kier alpha value is -2.50. The summed E-state index contributed by atoms with van der Waals surface area (Å²) < 4.78 is 4.61.